The molecule has 2 aromatic carbocycles. The molecule has 35 heavy (non-hydrogen) atoms. The van der Waals surface area contributed by atoms with Gasteiger partial charge in [0.1, 0.15) is 40.6 Å². The molecule has 4 aromatic rings. The number of aliphatic hydroxyl groups is 1. The van der Waals surface area contributed by atoms with Crippen LogP contribution in [0.15, 0.2) is 58.2 Å². The molecule has 0 saturated heterocycles. The number of hydrogen-bond donors (Lipinski definition) is 2. The number of sulfone groups is 1. The molecule has 11 heteroatoms. The highest BCUT2D eigenvalue weighted by Crippen LogP contribution is 2.33. The van der Waals surface area contributed by atoms with Crippen LogP contribution in [-0.4, -0.2) is 62.2 Å². The van der Waals surface area contributed by atoms with Crippen molar-refractivity contribution >= 4 is 20.7 Å². The lowest BCUT2D eigenvalue weighted by Gasteiger charge is -2.13. The molecule has 0 bridgehead atoms. The summed E-state index contributed by atoms with van der Waals surface area (Å²) in [6.07, 6.45) is 1.12. The van der Waals surface area contributed by atoms with Gasteiger partial charge in [-0.05, 0) is 24.3 Å². The van der Waals surface area contributed by atoms with Crippen LogP contribution in [0, 0.1) is 0 Å². The van der Waals surface area contributed by atoms with Gasteiger partial charge < -0.3 is 24.3 Å². The fourth-order valence-electron chi connectivity index (χ4n) is 3.54. The number of nitrogens with one attached hydrogen (secondary N) is 1. The Kier molecular flexibility index (Phi) is 6.72. The smallest absolute Gasteiger partial charge is 0.262 e. The van der Waals surface area contributed by atoms with E-state index in [0.717, 1.165) is 6.26 Å². The predicted octanol–water partition coefficient (Wildman–Crippen LogP) is 2.44. The van der Waals surface area contributed by atoms with Crippen LogP contribution in [0.3, 0.4) is 0 Å². The van der Waals surface area contributed by atoms with Crippen molar-refractivity contribution in [3.05, 3.63) is 58.9 Å². The summed E-state index contributed by atoms with van der Waals surface area (Å²) < 4.78 is 40.4. The van der Waals surface area contributed by atoms with E-state index in [1.807, 2.05) is 0 Å². The Balaban J connectivity index is 1.91. The highest BCUT2D eigenvalue weighted by molar-refractivity contribution is 7.90. The SMILES string of the molecule is COc1cc(OC)c2c(=O)[nH]c(-c3ccc(OCCO)c(-c4cccc(S(C)(=O)=O)c4)n3)nc2c1. The van der Waals surface area contributed by atoms with Crippen LogP contribution in [0.5, 0.6) is 17.2 Å². The number of hydrogen-bond acceptors (Lipinski definition) is 9. The van der Waals surface area contributed by atoms with Crippen LogP contribution < -0.4 is 19.8 Å². The average molecular weight is 498 g/mol. The van der Waals surface area contributed by atoms with E-state index in [2.05, 4.69) is 15.0 Å². The van der Waals surface area contributed by atoms with Gasteiger partial charge in [0.2, 0.25) is 0 Å². The summed E-state index contributed by atoms with van der Waals surface area (Å²) in [4.78, 5) is 24.9. The van der Waals surface area contributed by atoms with Crippen LogP contribution in [0.2, 0.25) is 0 Å². The van der Waals surface area contributed by atoms with E-state index in [-0.39, 0.29) is 29.3 Å². The maximum absolute atomic E-state index is 12.9. The molecule has 0 radical (unpaired) electrons. The van der Waals surface area contributed by atoms with Crippen LogP contribution >= 0.6 is 0 Å². The highest BCUT2D eigenvalue weighted by atomic mass is 32.2. The molecule has 0 aliphatic carbocycles. The van der Waals surface area contributed by atoms with Gasteiger partial charge in [0.05, 0.1) is 31.2 Å². The third-order valence-corrected chi connectivity index (χ3v) is 6.30. The van der Waals surface area contributed by atoms with Gasteiger partial charge in [-0.3, -0.25) is 4.79 Å². The van der Waals surface area contributed by atoms with E-state index in [1.165, 1.54) is 26.4 Å². The molecule has 0 aliphatic heterocycles. The van der Waals surface area contributed by atoms with Crippen LogP contribution in [0.1, 0.15) is 0 Å². The monoisotopic (exact) mass is 497 g/mol. The summed E-state index contributed by atoms with van der Waals surface area (Å²) in [5.74, 6) is 1.31. The first-order valence-corrected chi connectivity index (χ1v) is 12.4. The van der Waals surface area contributed by atoms with Gasteiger partial charge in [0.25, 0.3) is 5.56 Å². The van der Waals surface area contributed by atoms with Crippen molar-refractivity contribution in [1.29, 1.82) is 0 Å². The van der Waals surface area contributed by atoms with Gasteiger partial charge >= 0.3 is 0 Å². The number of rotatable bonds is 8. The van der Waals surface area contributed by atoms with E-state index in [0.29, 0.717) is 39.7 Å². The standard InChI is InChI=1S/C24H23N3O7S/c1-32-15-12-18-21(20(13-15)33-2)24(29)27-23(26-18)17-7-8-19(34-10-9-28)22(25-17)14-5-4-6-16(11-14)35(3,30)31/h4-8,11-13,28H,9-10H2,1-3H3,(H,26,27,29). The Bertz CT molecular complexity index is 1570. The second kappa shape index (κ2) is 9.72. The Morgan fingerprint density at radius 3 is 2.49 bits per heavy atom. The Hall–Kier alpha value is -3.96. The minimum Gasteiger partial charge on any atom is -0.497 e. The first-order chi connectivity index (χ1) is 16.7. The van der Waals surface area contributed by atoms with Gasteiger partial charge in [-0.1, -0.05) is 12.1 Å². The summed E-state index contributed by atoms with van der Waals surface area (Å²) >= 11 is 0. The van der Waals surface area contributed by atoms with Gasteiger partial charge in [-0.2, -0.15) is 0 Å². The Morgan fingerprint density at radius 1 is 1.00 bits per heavy atom. The van der Waals surface area contributed by atoms with E-state index < -0.39 is 15.4 Å². The first-order valence-electron chi connectivity index (χ1n) is 10.5. The van der Waals surface area contributed by atoms with Gasteiger partial charge in [0, 0.05) is 24.0 Å². The zero-order chi connectivity index (χ0) is 25.2. The third-order valence-electron chi connectivity index (χ3n) is 5.19. The zero-order valence-electron chi connectivity index (χ0n) is 19.2. The lowest BCUT2D eigenvalue weighted by atomic mass is 10.1. The van der Waals surface area contributed by atoms with E-state index in [9.17, 15) is 18.3 Å². The van der Waals surface area contributed by atoms with Crippen molar-refractivity contribution in [3.63, 3.8) is 0 Å². The fourth-order valence-corrected chi connectivity index (χ4v) is 4.21. The normalized spacial score (nSPS) is 11.4. The number of fused-ring (bicyclic) bond motifs is 1. The Labute approximate surface area is 201 Å². The van der Waals surface area contributed by atoms with Gasteiger partial charge in [-0.15, -0.1) is 0 Å². The van der Waals surface area contributed by atoms with Crippen LogP contribution in [0.4, 0.5) is 0 Å². The van der Waals surface area contributed by atoms with Crippen molar-refractivity contribution in [2.24, 2.45) is 0 Å². The molecule has 0 atom stereocenters. The Morgan fingerprint density at radius 2 is 1.80 bits per heavy atom. The number of aromatic amines is 1. The summed E-state index contributed by atoms with van der Waals surface area (Å²) in [6.45, 7) is -0.196. The molecule has 4 rings (SSSR count). The van der Waals surface area contributed by atoms with E-state index >= 15 is 0 Å². The van der Waals surface area contributed by atoms with Crippen molar-refractivity contribution in [2.75, 3.05) is 33.7 Å². The van der Waals surface area contributed by atoms with Crippen molar-refractivity contribution < 1.29 is 27.7 Å². The summed E-state index contributed by atoms with van der Waals surface area (Å²) in [7, 11) is -0.513. The number of H-pyrrole nitrogens is 1. The lowest BCUT2D eigenvalue weighted by molar-refractivity contribution is 0.201. The second-order valence-corrected chi connectivity index (χ2v) is 9.57. The summed E-state index contributed by atoms with van der Waals surface area (Å²) in [6, 6.07) is 12.7. The molecule has 0 unspecified atom stereocenters. The van der Waals surface area contributed by atoms with Crippen LogP contribution in [0.25, 0.3) is 33.7 Å². The molecule has 0 saturated carbocycles. The van der Waals surface area contributed by atoms with Gasteiger partial charge in [-0.25, -0.2) is 18.4 Å². The first kappa shape index (κ1) is 24.2. The van der Waals surface area contributed by atoms with Crippen LogP contribution in [-0.2, 0) is 9.84 Å². The van der Waals surface area contributed by atoms with Gasteiger partial charge in [0.15, 0.2) is 15.7 Å². The number of ether oxygens (including phenoxy) is 3. The molecule has 0 spiro atoms. The number of aromatic nitrogens is 3. The van der Waals surface area contributed by atoms with E-state index in [4.69, 9.17) is 14.2 Å². The topological polar surface area (TPSA) is 141 Å². The van der Waals surface area contributed by atoms with Crippen molar-refractivity contribution in [1.82, 2.24) is 15.0 Å². The lowest BCUT2D eigenvalue weighted by Crippen LogP contribution is -2.12. The zero-order valence-corrected chi connectivity index (χ0v) is 20.0. The number of pyridine rings is 1. The molecule has 2 aromatic heterocycles. The quantitative estimate of drug-likeness (QED) is 0.375. The van der Waals surface area contributed by atoms with Crippen molar-refractivity contribution in [3.8, 4) is 40.0 Å². The average Bonchev–Trinajstić information content (AvgIpc) is 2.86. The number of nitrogens with zero attached hydrogens (tertiary/aromatic N) is 2. The third kappa shape index (κ3) is 4.96. The molecule has 10 nitrogen and oxygen atoms in total. The van der Waals surface area contributed by atoms with E-state index in [1.54, 1.807) is 36.4 Å². The minimum atomic E-state index is -3.46. The summed E-state index contributed by atoms with van der Waals surface area (Å²) in [5.41, 5.74) is 1.05. The molecule has 0 aliphatic rings. The molecule has 182 valence electrons. The molecular formula is C24H23N3O7S. The molecule has 0 fully saturated rings. The number of benzene rings is 2. The molecule has 2 heterocycles. The number of methoxy groups -OCH3 is 2. The second-order valence-electron chi connectivity index (χ2n) is 7.55. The fraction of sp³-hybridized carbons (Fsp3) is 0.208. The largest absolute Gasteiger partial charge is 0.497 e. The highest BCUT2D eigenvalue weighted by Gasteiger charge is 2.17. The maximum Gasteiger partial charge on any atom is 0.262 e. The summed E-state index contributed by atoms with van der Waals surface area (Å²) in [5, 5.41) is 9.46. The molecule has 0 amide bonds. The minimum absolute atomic E-state index is 0.0183. The molecule has 2 N–H and O–H groups in total. The predicted molar refractivity (Wildman–Crippen MR) is 130 cm³/mol. The number of aliphatic hydroxyl groups excluding tert-OH is 1. The molecular weight excluding hydrogens is 474 g/mol. The maximum atomic E-state index is 12.9. The van der Waals surface area contributed by atoms with Crippen molar-refractivity contribution in [2.45, 2.75) is 4.90 Å².